The fourth-order valence-electron chi connectivity index (χ4n) is 2.73. The summed E-state index contributed by atoms with van der Waals surface area (Å²) < 4.78 is 12.0. The molecule has 2 heterocycles. The number of para-hydroxylation sites is 2. The zero-order valence-electron chi connectivity index (χ0n) is 14.7. The zero-order valence-corrected chi connectivity index (χ0v) is 14.7. The SMILES string of the molecule is c1ccc(OC(CCc2nnn[nH]2)OCc2ccc3ccccc3n2)cc1. The van der Waals surface area contributed by atoms with Crippen molar-refractivity contribution >= 4 is 10.9 Å². The quantitative estimate of drug-likeness (QED) is 0.485. The highest BCUT2D eigenvalue weighted by molar-refractivity contribution is 5.78. The summed E-state index contributed by atoms with van der Waals surface area (Å²) in [6, 6.07) is 21.7. The van der Waals surface area contributed by atoms with E-state index in [0.29, 0.717) is 25.3 Å². The summed E-state index contributed by atoms with van der Waals surface area (Å²) in [6.07, 6.45) is 0.792. The summed E-state index contributed by atoms with van der Waals surface area (Å²) >= 11 is 0. The highest BCUT2D eigenvalue weighted by atomic mass is 16.7. The summed E-state index contributed by atoms with van der Waals surface area (Å²) in [7, 11) is 0. The Bertz CT molecular complexity index is 976. The number of nitrogens with zero attached hydrogens (tertiary/aromatic N) is 4. The molecule has 0 saturated carbocycles. The van der Waals surface area contributed by atoms with Crippen LogP contribution in [0.15, 0.2) is 66.7 Å². The van der Waals surface area contributed by atoms with Gasteiger partial charge in [0, 0.05) is 18.2 Å². The van der Waals surface area contributed by atoms with Gasteiger partial charge in [-0.3, -0.25) is 4.98 Å². The first-order valence-electron chi connectivity index (χ1n) is 8.77. The van der Waals surface area contributed by atoms with Gasteiger partial charge in [-0.05, 0) is 34.7 Å². The summed E-state index contributed by atoms with van der Waals surface area (Å²) in [5.74, 6) is 1.45. The Morgan fingerprint density at radius 2 is 1.78 bits per heavy atom. The lowest BCUT2D eigenvalue weighted by atomic mass is 10.2. The Labute approximate surface area is 156 Å². The Balaban J connectivity index is 1.43. The van der Waals surface area contributed by atoms with Crippen LogP contribution in [-0.4, -0.2) is 31.9 Å². The molecule has 136 valence electrons. The first-order valence-corrected chi connectivity index (χ1v) is 8.77. The van der Waals surface area contributed by atoms with E-state index in [2.05, 4.69) is 25.6 Å². The molecule has 0 saturated heterocycles. The fraction of sp³-hybridized carbons (Fsp3) is 0.200. The predicted octanol–water partition coefficient (Wildman–Crippen LogP) is 3.30. The number of fused-ring (bicyclic) bond motifs is 1. The summed E-state index contributed by atoms with van der Waals surface area (Å²) in [6.45, 7) is 0.358. The Morgan fingerprint density at radius 1 is 0.926 bits per heavy atom. The van der Waals surface area contributed by atoms with E-state index >= 15 is 0 Å². The number of H-pyrrole nitrogens is 1. The van der Waals surface area contributed by atoms with Gasteiger partial charge in [0.05, 0.1) is 17.8 Å². The van der Waals surface area contributed by atoms with E-state index in [9.17, 15) is 0 Å². The molecule has 4 rings (SSSR count). The number of rotatable bonds is 8. The van der Waals surface area contributed by atoms with Gasteiger partial charge in [-0.25, -0.2) is 5.10 Å². The van der Waals surface area contributed by atoms with Crippen LogP contribution in [0.1, 0.15) is 17.9 Å². The maximum Gasteiger partial charge on any atom is 0.200 e. The molecular formula is C20H19N5O2. The van der Waals surface area contributed by atoms with E-state index in [1.165, 1.54) is 0 Å². The van der Waals surface area contributed by atoms with Crippen molar-refractivity contribution in [1.82, 2.24) is 25.6 Å². The topological polar surface area (TPSA) is 85.8 Å². The maximum atomic E-state index is 6.01. The van der Waals surface area contributed by atoms with Crippen molar-refractivity contribution < 1.29 is 9.47 Å². The van der Waals surface area contributed by atoms with Gasteiger partial charge in [0.25, 0.3) is 0 Å². The molecule has 7 nitrogen and oxygen atoms in total. The predicted molar refractivity (Wildman–Crippen MR) is 99.9 cm³/mol. The minimum absolute atomic E-state index is 0.358. The molecule has 0 fully saturated rings. The van der Waals surface area contributed by atoms with Gasteiger partial charge < -0.3 is 9.47 Å². The molecule has 0 spiro atoms. The zero-order chi connectivity index (χ0) is 18.3. The summed E-state index contributed by atoms with van der Waals surface area (Å²) in [5.41, 5.74) is 1.81. The molecule has 1 unspecified atom stereocenters. The molecule has 0 aliphatic carbocycles. The minimum Gasteiger partial charge on any atom is -0.465 e. The molecule has 27 heavy (non-hydrogen) atoms. The first-order chi connectivity index (χ1) is 13.4. The van der Waals surface area contributed by atoms with Crippen LogP contribution >= 0.6 is 0 Å². The van der Waals surface area contributed by atoms with E-state index in [1.54, 1.807) is 0 Å². The molecule has 0 aliphatic heterocycles. The Morgan fingerprint density at radius 3 is 2.63 bits per heavy atom. The van der Waals surface area contributed by atoms with Crippen LogP contribution in [0.3, 0.4) is 0 Å². The molecule has 1 N–H and O–H groups in total. The number of tetrazole rings is 1. The molecular weight excluding hydrogens is 342 g/mol. The van der Waals surface area contributed by atoms with E-state index < -0.39 is 6.29 Å². The van der Waals surface area contributed by atoms with Crippen molar-refractivity contribution in [3.8, 4) is 5.75 Å². The average molecular weight is 361 g/mol. The Hall–Kier alpha value is -3.32. The van der Waals surface area contributed by atoms with Crippen LogP contribution in [0, 0.1) is 0 Å². The third-order valence-electron chi connectivity index (χ3n) is 4.09. The number of aromatic nitrogens is 5. The van der Waals surface area contributed by atoms with Crippen molar-refractivity contribution in [1.29, 1.82) is 0 Å². The second kappa shape index (κ2) is 8.37. The molecule has 1 atom stereocenters. The average Bonchev–Trinajstić information content (AvgIpc) is 3.24. The van der Waals surface area contributed by atoms with Crippen LogP contribution in [0.5, 0.6) is 5.75 Å². The van der Waals surface area contributed by atoms with Crippen LogP contribution in [-0.2, 0) is 17.8 Å². The van der Waals surface area contributed by atoms with Gasteiger partial charge in [0.2, 0.25) is 6.29 Å². The van der Waals surface area contributed by atoms with E-state index in [1.807, 2.05) is 66.7 Å². The van der Waals surface area contributed by atoms with E-state index in [0.717, 1.165) is 22.3 Å². The smallest absolute Gasteiger partial charge is 0.200 e. The molecule has 2 aromatic carbocycles. The number of pyridine rings is 1. The van der Waals surface area contributed by atoms with Crippen LogP contribution in [0.2, 0.25) is 0 Å². The van der Waals surface area contributed by atoms with Crippen molar-refractivity contribution in [2.24, 2.45) is 0 Å². The highest BCUT2D eigenvalue weighted by Gasteiger charge is 2.14. The number of aryl methyl sites for hydroxylation is 1. The Kier molecular flexibility index (Phi) is 5.31. The molecule has 7 heteroatoms. The van der Waals surface area contributed by atoms with Gasteiger partial charge in [-0.15, -0.1) is 5.10 Å². The lowest BCUT2D eigenvalue weighted by molar-refractivity contribution is -0.0941. The summed E-state index contributed by atoms with van der Waals surface area (Å²) in [4.78, 5) is 4.65. The summed E-state index contributed by atoms with van der Waals surface area (Å²) in [5, 5.41) is 15.0. The number of aromatic amines is 1. The number of hydrogen-bond acceptors (Lipinski definition) is 6. The van der Waals surface area contributed by atoms with Gasteiger partial charge >= 0.3 is 0 Å². The first kappa shape index (κ1) is 17.1. The molecule has 4 aromatic rings. The normalized spacial score (nSPS) is 12.1. The van der Waals surface area contributed by atoms with Crippen LogP contribution in [0.4, 0.5) is 0 Å². The monoisotopic (exact) mass is 361 g/mol. The minimum atomic E-state index is -0.439. The largest absolute Gasteiger partial charge is 0.465 e. The highest BCUT2D eigenvalue weighted by Crippen LogP contribution is 2.17. The van der Waals surface area contributed by atoms with Gasteiger partial charge in [0.15, 0.2) is 0 Å². The van der Waals surface area contributed by atoms with Crippen LogP contribution in [0.25, 0.3) is 10.9 Å². The lowest BCUT2D eigenvalue weighted by Crippen LogP contribution is -2.22. The fourth-order valence-corrected chi connectivity index (χ4v) is 2.73. The molecule has 0 bridgehead atoms. The molecule has 0 radical (unpaired) electrons. The van der Waals surface area contributed by atoms with Crippen molar-refractivity contribution in [2.45, 2.75) is 25.7 Å². The standard InChI is InChI=1S/C20H19N5O2/c1-2-7-17(8-3-1)27-20(13-12-19-22-24-25-23-19)26-14-16-11-10-15-6-4-5-9-18(15)21-16/h1-11,20H,12-14H2,(H,22,23,24,25). The molecule has 2 aromatic heterocycles. The van der Waals surface area contributed by atoms with Gasteiger partial charge in [-0.1, -0.05) is 42.5 Å². The second-order valence-electron chi connectivity index (χ2n) is 6.05. The third-order valence-corrected chi connectivity index (χ3v) is 4.09. The number of ether oxygens (including phenoxy) is 2. The molecule has 0 amide bonds. The number of nitrogens with one attached hydrogen (secondary N) is 1. The van der Waals surface area contributed by atoms with Crippen molar-refractivity contribution in [3.63, 3.8) is 0 Å². The second-order valence-corrected chi connectivity index (χ2v) is 6.05. The van der Waals surface area contributed by atoms with Gasteiger partial charge in [0.1, 0.15) is 11.6 Å². The van der Waals surface area contributed by atoms with Crippen molar-refractivity contribution in [3.05, 3.63) is 78.2 Å². The van der Waals surface area contributed by atoms with Crippen LogP contribution < -0.4 is 4.74 Å². The van der Waals surface area contributed by atoms with Crippen molar-refractivity contribution in [2.75, 3.05) is 0 Å². The molecule has 0 aliphatic rings. The number of hydrogen-bond donors (Lipinski definition) is 1. The van der Waals surface area contributed by atoms with E-state index in [4.69, 9.17) is 9.47 Å². The van der Waals surface area contributed by atoms with Gasteiger partial charge in [-0.2, -0.15) is 0 Å². The lowest BCUT2D eigenvalue weighted by Gasteiger charge is -2.19. The van der Waals surface area contributed by atoms with E-state index in [-0.39, 0.29) is 0 Å². The maximum absolute atomic E-state index is 6.01. The number of benzene rings is 2. The third kappa shape index (κ3) is 4.65.